The van der Waals surface area contributed by atoms with Gasteiger partial charge in [0, 0.05) is 0 Å². The minimum atomic E-state index is -0.145. The number of pyridine rings is 1. The van der Waals surface area contributed by atoms with Crippen LogP contribution in [0.3, 0.4) is 0 Å². The molecule has 2 rings (SSSR count). The van der Waals surface area contributed by atoms with Gasteiger partial charge in [-0.1, -0.05) is 23.2 Å². The lowest BCUT2D eigenvalue weighted by Crippen LogP contribution is -2.23. The fraction of sp³-hybridized carbons (Fsp3) is 0.455. The fourth-order valence-corrected chi connectivity index (χ4v) is 2.25. The first-order valence-electron chi connectivity index (χ1n) is 5.02. The maximum Gasteiger partial charge on any atom is 0.161 e. The van der Waals surface area contributed by atoms with E-state index in [0.29, 0.717) is 10.2 Å². The predicted octanol–water partition coefficient (Wildman–Crippen LogP) is 3.80. The summed E-state index contributed by atoms with van der Waals surface area (Å²) in [5, 5.41) is 6.34. The zero-order chi connectivity index (χ0) is 12.1. The van der Waals surface area contributed by atoms with Crippen LogP contribution in [0.5, 0.6) is 0 Å². The van der Waals surface area contributed by atoms with E-state index in [1.54, 1.807) is 6.07 Å². The molecule has 0 aliphatic rings. The Morgan fingerprint density at radius 3 is 2.44 bits per heavy atom. The lowest BCUT2D eigenvalue weighted by Gasteiger charge is -2.19. The van der Waals surface area contributed by atoms with Crippen LogP contribution in [0.25, 0.3) is 11.0 Å². The summed E-state index contributed by atoms with van der Waals surface area (Å²) >= 11 is 12.1. The molecule has 2 aromatic heterocycles. The van der Waals surface area contributed by atoms with E-state index in [0.717, 1.165) is 16.7 Å². The van der Waals surface area contributed by atoms with Crippen molar-refractivity contribution in [2.45, 2.75) is 33.2 Å². The third-order valence-corrected chi connectivity index (χ3v) is 2.86. The minimum absolute atomic E-state index is 0.145. The Bertz CT molecular complexity index is 552. The summed E-state index contributed by atoms with van der Waals surface area (Å²) in [5.74, 6) is 0. The predicted molar refractivity (Wildman–Crippen MR) is 67.3 cm³/mol. The first-order valence-corrected chi connectivity index (χ1v) is 5.78. The maximum atomic E-state index is 6.15. The van der Waals surface area contributed by atoms with Crippen LogP contribution in [0.2, 0.25) is 10.2 Å². The van der Waals surface area contributed by atoms with Crippen LogP contribution in [-0.4, -0.2) is 14.8 Å². The number of aryl methyl sites for hydroxylation is 1. The number of rotatable bonds is 0. The molecule has 0 unspecified atom stereocenters. The van der Waals surface area contributed by atoms with Gasteiger partial charge in [-0.25, -0.2) is 9.67 Å². The highest BCUT2D eigenvalue weighted by molar-refractivity contribution is 6.37. The van der Waals surface area contributed by atoms with E-state index >= 15 is 0 Å². The first kappa shape index (κ1) is 11.7. The normalized spacial score (nSPS) is 12.4. The van der Waals surface area contributed by atoms with Crippen LogP contribution in [0, 0.1) is 6.92 Å². The number of aromatic nitrogens is 3. The van der Waals surface area contributed by atoms with Gasteiger partial charge in [-0.15, -0.1) is 0 Å². The summed E-state index contributed by atoms with van der Waals surface area (Å²) in [7, 11) is 0. The SMILES string of the molecule is Cc1nn(C(C)(C)C)c2nc(Cl)cc(Cl)c12. The Balaban J connectivity index is 2.89. The molecule has 0 amide bonds. The van der Waals surface area contributed by atoms with E-state index in [4.69, 9.17) is 23.2 Å². The van der Waals surface area contributed by atoms with Gasteiger partial charge >= 0.3 is 0 Å². The molecule has 16 heavy (non-hydrogen) atoms. The molecule has 0 fully saturated rings. The molecule has 0 atom stereocenters. The third kappa shape index (κ3) is 1.78. The Labute approximate surface area is 104 Å². The van der Waals surface area contributed by atoms with Crippen LogP contribution >= 0.6 is 23.2 Å². The maximum absolute atomic E-state index is 6.15. The molecule has 0 N–H and O–H groups in total. The van der Waals surface area contributed by atoms with E-state index in [1.807, 2.05) is 11.6 Å². The zero-order valence-corrected chi connectivity index (χ0v) is 11.2. The van der Waals surface area contributed by atoms with Crippen molar-refractivity contribution in [3.63, 3.8) is 0 Å². The summed E-state index contributed by atoms with van der Waals surface area (Å²) in [6, 6.07) is 1.65. The Hall–Kier alpha value is -0.800. The van der Waals surface area contributed by atoms with E-state index in [-0.39, 0.29) is 5.54 Å². The van der Waals surface area contributed by atoms with Crippen molar-refractivity contribution >= 4 is 34.2 Å². The molecule has 5 heteroatoms. The molecular weight excluding hydrogens is 245 g/mol. The lowest BCUT2D eigenvalue weighted by atomic mass is 10.1. The second-order valence-corrected chi connectivity index (χ2v) is 5.59. The Kier molecular flexibility index (Phi) is 2.63. The van der Waals surface area contributed by atoms with Crippen molar-refractivity contribution in [1.82, 2.24) is 14.8 Å². The fourth-order valence-electron chi connectivity index (χ4n) is 1.68. The quantitative estimate of drug-likeness (QED) is 0.673. The van der Waals surface area contributed by atoms with Crippen LogP contribution in [0.15, 0.2) is 6.07 Å². The van der Waals surface area contributed by atoms with Crippen molar-refractivity contribution in [2.75, 3.05) is 0 Å². The van der Waals surface area contributed by atoms with Crippen LogP contribution in [0.1, 0.15) is 26.5 Å². The average molecular weight is 258 g/mol. The molecule has 0 bridgehead atoms. The van der Waals surface area contributed by atoms with Crippen molar-refractivity contribution < 1.29 is 0 Å². The van der Waals surface area contributed by atoms with Gasteiger partial charge in [-0.05, 0) is 33.8 Å². The van der Waals surface area contributed by atoms with Crippen molar-refractivity contribution in [3.8, 4) is 0 Å². The Morgan fingerprint density at radius 1 is 1.25 bits per heavy atom. The van der Waals surface area contributed by atoms with Gasteiger partial charge in [0.1, 0.15) is 5.15 Å². The average Bonchev–Trinajstić information content (AvgIpc) is 2.41. The van der Waals surface area contributed by atoms with Gasteiger partial charge in [0.05, 0.1) is 21.6 Å². The smallest absolute Gasteiger partial charge is 0.161 e. The standard InChI is InChI=1S/C11H13Cl2N3/c1-6-9-7(12)5-8(13)14-10(9)16(15-6)11(2,3)4/h5H,1-4H3. The van der Waals surface area contributed by atoms with Crippen molar-refractivity contribution in [1.29, 1.82) is 0 Å². The number of fused-ring (bicyclic) bond motifs is 1. The highest BCUT2D eigenvalue weighted by Crippen LogP contribution is 2.30. The minimum Gasteiger partial charge on any atom is -0.242 e. The molecule has 0 radical (unpaired) electrons. The highest BCUT2D eigenvalue weighted by atomic mass is 35.5. The molecule has 0 spiro atoms. The van der Waals surface area contributed by atoms with Crippen molar-refractivity contribution in [3.05, 3.63) is 21.9 Å². The molecule has 0 saturated heterocycles. The molecule has 0 aromatic carbocycles. The molecule has 86 valence electrons. The summed E-state index contributed by atoms with van der Waals surface area (Å²) in [6.45, 7) is 8.12. The molecular formula is C11H13Cl2N3. The summed E-state index contributed by atoms with van der Waals surface area (Å²) in [5.41, 5.74) is 1.47. The number of nitrogens with zero attached hydrogens (tertiary/aromatic N) is 3. The first-order chi connectivity index (χ1) is 7.30. The highest BCUT2D eigenvalue weighted by Gasteiger charge is 2.21. The monoisotopic (exact) mass is 257 g/mol. The van der Waals surface area contributed by atoms with Crippen LogP contribution < -0.4 is 0 Å². The molecule has 3 nitrogen and oxygen atoms in total. The number of hydrogen-bond acceptors (Lipinski definition) is 2. The van der Waals surface area contributed by atoms with E-state index in [2.05, 4.69) is 30.9 Å². The Morgan fingerprint density at radius 2 is 1.88 bits per heavy atom. The van der Waals surface area contributed by atoms with Crippen LogP contribution in [0.4, 0.5) is 0 Å². The number of halogens is 2. The zero-order valence-electron chi connectivity index (χ0n) is 9.67. The third-order valence-electron chi connectivity index (χ3n) is 2.37. The van der Waals surface area contributed by atoms with E-state index in [9.17, 15) is 0 Å². The van der Waals surface area contributed by atoms with Gasteiger partial charge in [0.15, 0.2) is 5.65 Å². The van der Waals surface area contributed by atoms with E-state index < -0.39 is 0 Å². The van der Waals surface area contributed by atoms with Crippen molar-refractivity contribution in [2.24, 2.45) is 0 Å². The molecule has 0 aliphatic carbocycles. The van der Waals surface area contributed by atoms with Gasteiger partial charge in [-0.2, -0.15) is 5.10 Å². The second-order valence-electron chi connectivity index (χ2n) is 4.79. The topological polar surface area (TPSA) is 30.7 Å². The second kappa shape index (κ2) is 3.60. The van der Waals surface area contributed by atoms with Crippen LogP contribution in [-0.2, 0) is 5.54 Å². The van der Waals surface area contributed by atoms with Gasteiger partial charge in [0.2, 0.25) is 0 Å². The molecule has 2 heterocycles. The number of hydrogen-bond donors (Lipinski definition) is 0. The summed E-state index contributed by atoms with van der Waals surface area (Å²) < 4.78 is 1.86. The summed E-state index contributed by atoms with van der Waals surface area (Å²) in [6.07, 6.45) is 0. The molecule has 0 aliphatic heterocycles. The summed E-state index contributed by atoms with van der Waals surface area (Å²) in [4.78, 5) is 4.31. The van der Waals surface area contributed by atoms with Gasteiger partial charge < -0.3 is 0 Å². The lowest BCUT2D eigenvalue weighted by molar-refractivity contribution is 0.364. The molecule has 0 saturated carbocycles. The molecule has 2 aromatic rings. The van der Waals surface area contributed by atoms with E-state index in [1.165, 1.54) is 0 Å². The largest absolute Gasteiger partial charge is 0.242 e. The van der Waals surface area contributed by atoms with Gasteiger partial charge in [0.25, 0.3) is 0 Å². The van der Waals surface area contributed by atoms with Gasteiger partial charge in [-0.3, -0.25) is 0 Å².